The summed E-state index contributed by atoms with van der Waals surface area (Å²) >= 11 is 1.33. The molecule has 0 aliphatic heterocycles. The van der Waals surface area contributed by atoms with Crippen molar-refractivity contribution >= 4 is 28.8 Å². The van der Waals surface area contributed by atoms with Crippen LogP contribution in [0.4, 0.5) is 5.82 Å². The van der Waals surface area contributed by atoms with E-state index in [1.54, 1.807) is 11.6 Å². The molecule has 0 fully saturated rings. The van der Waals surface area contributed by atoms with Gasteiger partial charge < -0.3 is 5.73 Å². The van der Waals surface area contributed by atoms with Crippen molar-refractivity contribution in [3.8, 4) is 0 Å². The molecule has 0 unspecified atom stereocenters. The van der Waals surface area contributed by atoms with Crippen molar-refractivity contribution in [2.45, 2.75) is 13.3 Å². The number of nitrogens with two attached hydrogens (primary N) is 1. The quantitative estimate of drug-likeness (QED) is 0.792. The minimum Gasteiger partial charge on any atom is -0.382 e. The molecule has 0 aliphatic carbocycles. The topological polar surface area (TPSA) is 60.9 Å². The van der Waals surface area contributed by atoms with E-state index in [1.165, 1.54) is 11.8 Å². The van der Waals surface area contributed by atoms with Gasteiger partial charge in [-0.05, 0) is 6.42 Å². The number of carbonyl (C=O) groups is 1. The Balaban J connectivity index is 2.38. The lowest BCUT2D eigenvalue weighted by atomic mass is 10.3. The van der Waals surface area contributed by atoms with Crippen LogP contribution in [0.3, 0.4) is 0 Å². The normalized spacial score (nSPS) is 11.1. The van der Waals surface area contributed by atoms with E-state index >= 15 is 0 Å². The van der Waals surface area contributed by atoms with E-state index in [4.69, 9.17) is 5.73 Å². The summed E-state index contributed by atoms with van der Waals surface area (Å²) in [7, 11) is 1.83. The first kappa shape index (κ1) is 11.8. The van der Waals surface area contributed by atoms with E-state index in [0.29, 0.717) is 5.82 Å². The fraction of sp³-hybridized carbons (Fsp3) is 0.400. The van der Waals surface area contributed by atoms with Crippen molar-refractivity contribution in [2.24, 2.45) is 7.05 Å². The van der Waals surface area contributed by atoms with Gasteiger partial charge in [0.2, 0.25) is 0 Å². The van der Waals surface area contributed by atoms with Crippen molar-refractivity contribution in [2.75, 3.05) is 11.5 Å². The number of thioether (sulfide) groups is 1. The average Bonchev–Trinajstić information content (AvgIpc) is 2.44. The number of aromatic nitrogens is 2. The number of anilines is 1. The SMILES string of the molecule is CC(=O)SCCC=Cc1cn(C)nc1N. The molecule has 0 atom stereocenters. The first-order valence-electron chi connectivity index (χ1n) is 4.68. The number of nitrogens with zero attached hydrogens (tertiary/aromatic N) is 2. The molecule has 0 aliphatic rings. The standard InChI is InChI=1S/C10H15N3OS/c1-8(14)15-6-4-3-5-9-7-13(2)12-10(9)11/h3,5,7H,4,6H2,1-2H3,(H2,11,12). The number of rotatable bonds is 4. The van der Waals surface area contributed by atoms with Crippen molar-refractivity contribution in [1.29, 1.82) is 0 Å². The summed E-state index contributed by atoms with van der Waals surface area (Å²) in [4.78, 5) is 10.6. The number of aryl methyl sites for hydroxylation is 1. The molecule has 82 valence electrons. The molecule has 0 saturated carbocycles. The fourth-order valence-corrected chi connectivity index (χ4v) is 1.67. The zero-order valence-corrected chi connectivity index (χ0v) is 9.75. The number of allylic oxidation sites excluding steroid dienone is 1. The van der Waals surface area contributed by atoms with Crippen molar-refractivity contribution < 1.29 is 4.79 Å². The van der Waals surface area contributed by atoms with Crippen LogP contribution in [0.15, 0.2) is 12.3 Å². The summed E-state index contributed by atoms with van der Waals surface area (Å²) in [5, 5.41) is 4.18. The molecular weight excluding hydrogens is 210 g/mol. The number of hydrogen-bond acceptors (Lipinski definition) is 4. The Kier molecular flexibility index (Phi) is 4.42. The number of nitrogen functional groups attached to an aromatic ring is 1. The molecule has 4 nitrogen and oxygen atoms in total. The smallest absolute Gasteiger partial charge is 0.185 e. The minimum absolute atomic E-state index is 0.157. The predicted octanol–water partition coefficient (Wildman–Crippen LogP) is 1.69. The van der Waals surface area contributed by atoms with Gasteiger partial charge in [-0.3, -0.25) is 9.48 Å². The van der Waals surface area contributed by atoms with E-state index in [2.05, 4.69) is 5.10 Å². The highest BCUT2D eigenvalue weighted by Gasteiger charge is 1.98. The van der Waals surface area contributed by atoms with Crippen LogP contribution in [-0.2, 0) is 11.8 Å². The number of carbonyl (C=O) groups excluding carboxylic acids is 1. The summed E-state index contributed by atoms with van der Waals surface area (Å²) in [5.41, 5.74) is 6.58. The molecule has 1 heterocycles. The van der Waals surface area contributed by atoms with Gasteiger partial charge >= 0.3 is 0 Å². The number of hydrogen-bond donors (Lipinski definition) is 1. The summed E-state index contributed by atoms with van der Waals surface area (Å²) in [6.45, 7) is 1.58. The summed E-state index contributed by atoms with van der Waals surface area (Å²) < 4.78 is 1.68. The van der Waals surface area contributed by atoms with Crippen LogP contribution in [0.5, 0.6) is 0 Å². The Bertz CT molecular complexity index is 371. The summed E-state index contributed by atoms with van der Waals surface area (Å²) in [6, 6.07) is 0. The van der Waals surface area contributed by atoms with Gasteiger partial charge in [0.1, 0.15) is 0 Å². The van der Waals surface area contributed by atoms with E-state index < -0.39 is 0 Å². The molecule has 2 N–H and O–H groups in total. The zero-order chi connectivity index (χ0) is 11.3. The van der Waals surface area contributed by atoms with Gasteiger partial charge in [0, 0.05) is 31.5 Å². The fourth-order valence-electron chi connectivity index (χ4n) is 1.13. The molecule has 5 heteroatoms. The lowest BCUT2D eigenvalue weighted by Gasteiger charge is -1.91. The van der Waals surface area contributed by atoms with E-state index in [1.807, 2.05) is 25.4 Å². The third-order valence-electron chi connectivity index (χ3n) is 1.77. The summed E-state index contributed by atoms with van der Waals surface area (Å²) in [5.74, 6) is 1.35. The van der Waals surface area contributed by atoms with Crippen LogP contribution in [-0.4, -0.2) is 20.6 Å². The molecule has 0 spiro atoms. The molecule has 1 rings (SSSR count). The first-order valence-corrected chi connectivity index (χ1v) is 5.67. The Morgan fingerprint density at radius 2 is 2.47 bits per heavy atom. The monoisotopic (exact) mass is 225 g/mol. The van der Waals surface area contributed by atoms with Crippen LogP contribution < -0.4 is 5.73 Å². The van der Waals surface area contributed by atoms with E-state index in [9.17, 15) is 4.79 Å². The Morgan fingerprint density at radius 3 is 3.00 bits per heavy atom. The maximum Gasteiger partial charge on any atom is 0.185 e. The second-order valence-corrected chi connectivity index (χ2v) is 4.45. The first-order chi connectivity index (χ1) is 7.09. The Labute approximate surface area is 93.5 Å². The molecule has 0 amide bonds. The average molecular weight is 225 g/mol. The Hall–Kier alpha value is -1.23. The summed E-state index contributed by atoms with van der Waals surface area (Å²) in [6.07, 6.45) is 6.66. The van der Waals surface area contributed by atoms with Crippen LogP contribution >= 0.6 is 11.8 Å². The van der Waals surface area contributed by atoms with Crippen molar-refractivity contribution in [3.05, 3.63) is 17.8 Å². The van der Waals surface area contributed by atoms with Crippen LogP contribution in [0.1, 0.15) is 18.9 Å². The maximum atomic E-state index is 10.6. The molecule has 1 aromatic heterocycles. The predicted molar refractivity (Wildman–Crippen MR) is 64.4 cm³/mol. The molecule has 0 bridgehead atoms. The highest BCUT2D eigenvalue weighted by atomic mass is 32.2. The minimum atomic E-state index is 0.157. The second-order valence-electron chi connectivity index (χ2n) is 3.17. The van der Waals surface area contributed by atoms with Crippen LogP contribution in [0.25, 0.3) is 6.08 Å². The van der Waals surface area contributed by atoms with Gasteiger partial charge in [0.05, 0.1) is 0 Å². The van der Waals surface area contributed by atoms with E-state index in [-0.39, 0.29) is 5.12 Å². The van der Waals surface area contributed by atoms with Gasteiger partial charge in [0.15, 0.2) is 10.9 Å². The molecule has 1 aromatic rings. The molecular formula is C10H15N3OS. The van der Waals surface area contributed by atoms with Gasteiger partial charge in [-0.1, -0.05) is 23.9 Å². The third kappa shape index (κ3) is 4.20. The Morgan fingerprint density at radius 1 is 1.73 bits per heavy atom. The lowest BCUT2D eigenvalue weighted by Crippen LogP contribution is -1.90. The van der Waals surface area contributed by atoms with Crippen molar-refractivity contribution in [3.63, 3.8) is 0 Å². The molecule has 15 heavy (non-hydrogen) atoms. The molecule has 0 radical (unpaired) electrons. The zero-order valence-electron chi connectivity index (χ0n) is 8.93. The maximum absolute atomic E-state index is 10.6. The van der Waals surface area contributed by atoms with Crippen molar-refractivity contribution in [1.82, 2.24) is 9.78 Å². The highest BCUT2D eigenvalue weighted by Crippen LogP contribution is 2.11. The lowest BCUT2D eigenvalue weighted by molar-refractivity contribution is -0.109. The van der Waals surface area contributed by atoms with Gasteiger partial charge in [-0.2, -0.15) is 5.10 Å². The molecule has 0 saturated heterocycles. The molecule has 0 aromatic carbocycles. The van der Waals surface area contributed by atoms with Crippen LogP contribution in [0, 0.1) is 0 Å². The highest BCUT2D eigenvalue weighted by molar-refractivity contribution is 8.13. The van der Waals surface area contributed by atoms with Gasteiger partial charge in [-0.15, -0.1) is 0 Å². The van der Waals surface area contributed by atoms with Gasteiger partial charge in [-0.25, -0.2) is 0 Å². The van der Waals surface area contributed by atoms with E-state index in [0.717, 1.165) is 17.7 Å². The second kappa shape index (κ2) is 5.60. The van der Waals surface area contributed by atoms with Crippen LogP contribution in [0.2, 0.25) is 0 Å². The van der Waals surface area contributed by atoms with Gasteiger partial charge in [0.25, 0.3) is 0 Å². The third-order valence-corrected chi connectivity index (χ3v) is 2.62. The largest absolute Gasteiger partial charge is 0.382 e.